The predicted molar refractivity (Wildman–Crippen MR) is 110 cm³/mol. The second kappa shape index (κ2) is 6.53. The molecule has 2 heterocycles. The zero-order chi connectivity index (χ0) is 18.3. The van der Waals surface area contributed by atoms with Crippen LogP contribution in [0.2, 0.25) is 5.02 Å². The Kier molecular flexibility index (Phi) is 4.33. The zero-order valence-corrected chi connectivity index (χ0v) is 16.3. The topological polar surface area (TPSA) is 30.7 Å². The Morgan fingerprint density at radius 2 is 1.73 bits per heavy atom. The molecular formula is C21H24ClN4+. The molecular weight excluding hydrogens is 344 g/mol. The second-order valence-corrected chi connectivity index (χ2v) is 8.02. The van der Waals surface area contributed by atoms with Crippen LogP contribution in [0.3, 0.4) is 0 Å². The molecule has 0 saturated carbocycles. The smallest absolute Gasteiger partial charge is 0.160 e. The van der Waals surface area contributed by atoms with Crippen LogP contribution in [-0.4, -0.2) is 46.2 Å². The maximum absolute atomic E-state index is 6.28. The molecule has 0 aliphatic carbocycles. The SMILES string of the molecule is CCC[N+](C)(C)CCn1c2ccc(Cl)cc2c2nc3ccccc3nc21. The monoisotopic (exact) mass is 367 g/mol. The van der Waals surface area contributed by atoms with Gasteiger partial charge in [0.25, 0.3) is 0 Å². The van der Waals surface area contributed by atoms with E-state index in [1.54, 1.807) is 0 Å². The molecule has 0 fully saturated rings. The minimum Gasteiger partial charge on any atom is -0.327 e. The Balaban J connectivity index is 1.92. The van der Waals surface area contributed by atoms with Crippen LogP contribution in [0.15, 0.2) is 42.5 Å². The highest BCUT2D eigenvalue weighted by atomic mass is 35.5. The molecule has 0 amide bonds. The molecule has 0 atom stereocenters. The highest BCUT2D eigenvalue weighted by molar-refractivity contribution is 6.31. The highest BCUT2D eigenvalue weighted by Crippen LogP contribution is 2.30. The molecule has 0 bridgehead atoms. The van der Waals surface area contributed by atoms with Gasteiger partial charge in [-0.25, -0.2) is 9.97 Å². The largest absolute Gasteiger partial charge is 0.327 e. The molecule has 0 spiro atoms. The first-order valence-corrected chi connectivity index (χ1v) is 9.52. The lowest BCUT2D eigenvalue weighted by molar-refractivity contribution is -0.890. The molecule has 0 N–H and O–H groups in total. The van der Waals surface area contributed by atoms with Crippen LogP contribution in [0, 0.1) is 0 Å². The molecule has 4 rings (SSSR count). The van der Waals surface area contributed by atoms with E-state index in [2.05, 4.69) is 31.7 Å². The van der Waals surface area contributed by atoms with E-state index in [0.29, 0.717) is 0 Å². The van der Waals surface area contributed by atoms with Crippen molar-refractivity contribution in [3.05, 3.63) is 47.5 Å². The van der Waals surface area contributed by atoms with Crippen molar-refractivity contribution < 1.29 is 4.48 Å². The fourth-order valence-corrected chi connectivity index (χ4v) is 3.89. The number of fused-ring (bicyclic) bond motifs is 4. The second-order valence-electron chi connectivity index (χ2n) is 7.58. The summed E-state index contributed by atoms with van der Waals surface area (Å²) >= 11 is 6.28. The maximum Gasteiger partial charge on any atom is 0.160 e. The Hall–Kier alpha value is -2.17. The number of nitrogens with zero attached hydrogens (tertiary/aromatic N) is 4. The van der Waals surface area contributed by atoms with Crippen LogP contribution in [0.5, 0.6) is 0 Å². The third-order valence-electron chi connectivity index (χ3n) is 5.07. The molecule has 2 aromatic carbocycles. The average molecular weight is 368 g/mol. The molecule has 26 heavy (non-hydrogen) atoms. The normalized spacial score (nSPS) is 12.5. The molecule has 134 valence electrons. The van der Waals surface area contributed by atoms with Gasteiger partial charge in [-0.15, -0.1) is 0 Å². The van der Waals surface area contributed by atoms with Crippen molar-refractivity contribution in [1.82, 2.24) is 14.5 Å². The first-order chi connectivity index (χ1) is 12.5. The summed E-state index contributed by atoms with van der Waals surface area (Å²) in [4.78, 5) is 9.84. The Bertz CT molecular complexity index is 1100. The van der Waals surface area contributed by atoms with Crippen LogP contribution < -0.4 is 0 Å². The van der Waals surface area contributed by atoms with E-state index in [1.165, 1.54) is 6.42 Å². The van der Waals surface area contributed by atoms with Gasteiger partial charge in [-0.05, 0) is 36.8 Å². The molecule has 0 radical (unpaired) electrons. The van der Waals surface area contributed by atoms with Crippen LogP contribution in [-0.2, 0) is 6.54 Å². The molecule has 4 aromatic rings. The fraction of sp³-hybridized carbons (Fsp3) is 0.333. The number of aromatic nitrogens is 3. The Morgan fingerprint density at radius 3 is 2.46 bits per heavy atom. The third-order valence-corrected chi connectivity index (χ3v) is 5.31. The van der Waals surface area contributed by atoms with Crippen molar-refractivity contribution in [2.45, 2.75) is 19.9 Å². The number of quaternary nitrogens is 1. The zero-order valence-electron chi connectivity index (χ0n) is 15.5. The first kappa shape index (κ1) is 17.3. The van der Waals surface area contributed by atoms with Crippen LogP contribution in [0.4, 0.5) is 0 Å². The minimum absolute atomic E-state index is 0.730. The van der Waals surface area contributed by atoms with Crippen molar-refractivity contribution >= 4 is 44.7 Å². The van der Waals surface area contributed by atoms with Crippen LogP contribution in [0.25, 0.3) is 33.1 Å². The van der Waals surface area contributed by atoms with E-state index >= 15 is 0 Å². The van der Waals surface area contributed by atoms with E-state index in [4.69, 9.17) is 21.6 Å². The van der Waals surface area contributed by atoms with Gasteiger partial charge in [-0.2, -0.15) is 0 Å². The van der Waals surface area contributed by atoms with Gasteiger partial charge in [0.15, 0.2) is 5.65 Å². The number of likely N-dealkylation sites (N-methyl/N-ethyl adjacent to an activating group) is 1. The number of benzene rings is 2. The molecule has 4 nitrogen and oxygen atoms in total. The van der Waals surface area contributed by atoms with Crippen molar-refractivity contribution in [2.24, 2.45) is 0 Å². The molecule has 0 saturated heterocycles. The number of hydrogen-bond donors (Lipinski definition) is 0. The summed E-state index contributed by atoms with van der Waals surface area (Å²) in [5, 5.41) is 1.81. The van der Waals surface area contributed by atoms with Crippen molar-refractivity contribution in [1.29, 1.82) is 0 Å². The summed E-state index contributed by atoms with van der Waals surface area (Å²) < 4.78 is 3.29. The third kappa shape index (κ3) is 3.04. The minimum atomic E-state index is 0.730. The lowest BCUT2D eigenvalue weighted by Gasteiger charge is -2.29. The van der Waals surface area contributed by atoms with E-state index in [0.717, 1.165) is 62.2 Å². The number of rotatable bonds is 5. The molecule has 0 aliphatic heterocycles. The lowest BCUT2D eigenvalue weighted by atomic mass is 10.2. The summed E-state index contributed by atoms with van der Waals surface area (Å²) in [7, 11) is 4.57. The van der Waals surface area contributed by atoms with Gasteiger partial charge in [-0.3, -0.25) is 0 Å². The summed E-state index contributed by atoms with van der Waals surface area (Å²) in [6.45, 7) is 5.35. The Labute approximate surface area is 158 Å². The van der Waals surface area contributed by atoms with Gasteiger partial charge >= 0.3 is 0 Å². The highest BCUT2D eigenvalue weighted by Gasteiger charge is 2.19. The predicted octanol–water partition coefficient (Wildman–Crippen LogP) is 4.88. The molecule has 0 unspecified atom stereocenters. The van der Waals surface area contributed by atoms with E-state index in [1.807, 2.05) is 36.4 Å². The summed E-state index contributed by atoms with van der Waals surface area (Å²) in [6.07, 6.45) is 1.18. The molecule has 2 aromatic heterocycles. The van der Waals surface area contributed by atoms with Crippen LogP contribution >= 0.6 is 11.6 Å². The van der Waals surface area contributed by atoms with Crippen molar-refractivity contribution in [3.63, 3.8) is 0 Å². The lowest BCUT2D eigenvalue weighted by Crippen LogP contribution is -2.42. The Morgan fingerprint density at radius 1 is 1.00 bits per heavy atom. The maximum atomic E-state index is 6.28. The van der Waals surface area contributed by atoms with Gasteiger partial charge in [-0.1, -0.05) is 30.7 Å². The summed E-state index contributed by atoms with van der Waals surface area (Å²) in [6, 6.07) is 14.1. The molecule has 0 aliphatic rings. The van der Waals surface area contributed by atoms with Crippen molar-refractivity contribution in [2.75, 3.05) is 27.2 Å². The van der Waals surface area contributed by atoms with Gasteiger partial charge in [0.2, 0.25) is 0 Å². The van der Waals surface area contributed by atoms with Gasteiger partial charge in [0, 0.05) is 10.4 Å². The van der Waals surface area contributed by atoms with Gasteiger partial charge in [0.05, 0.1) is 50.3 Å². The average Bonchev–Trinajstić information content (AvgIpc) is 2.90. The molecule has 5 heteroatoms. The first-order valence-electron chi connectivity index (χ1n) is 9.15. The summed E-state index contributed by atoms with van der Waals surface area (Å²) in [5.41, 5.74) is 4.87. The standard InChI is InChI=1S/C21H24ClN4/c1-4-12-26(2,3)13-11-25-19-10-9-15(22)14-16(19)20-21(25)24-18-8-6-5-7-17(18)23-20/h5-10,14H,4,11-13H2,1-3H3/q+1. The number of para-hydroxylation sites is 2. The number of halogens is 1. The van der Waals surface area contributed by atoms with Gasteiger partial charge in [0.1, 0.15) is 5.52 Å². The summed E-state index contributed by atoms with van der Waals surface area (Å²) in [5.74, 6) is 0. The fourth-order valence-electron chi connectivity index (χ4n) is 3.72. The quantitative estimate of drug-likeness (QED) is 0.471. The van der Waals surface area contributed by atoms with Gasteiger partial charge < -0.3 is 9.05 Å². The van der Waals surface area contributed by atoms with E-state index in [-0.39, 0.29) is 0 Å². The van der Waals surface area contributed by atoms with E-state index in [9.17, 15) is 0 Å². The van der Waals surface area contributed by atoms with Crippen molar-refractivity contribution in [3.8, 4) is 0 Å². The van der Waals surface area contributed by atoms with E-state index < -0.39 is 0 Å². The number of hydrogen-bond acceptors (Lipinski definition) is 2. The van der Waals surface area contributed by atoms with Crippen LogP contribution in [0.1, 0.15) is 13.3 Å².